The second-order valence-corrected chi connectivity index (χ2v) is 6.19. The molecule has 1 aromatic carbocycles. The number of aromatic nitrogens is 1. The zero-order valence-corrected chi connectivity index (χ0v) is 13.7. The fraction of sp³-hybridized carbons (Fsp3) is 0.368. The molecular weight excluding hydrogens is 307 g/mol. The van der Waals surface area contributed by atoms with Crippen LogP contribution in [0, 0.1) is 5.82 Å². The second kappa shape index (κ2) is 7.09. The zero-order chi connectivity index (χ0) is 17.0. The molecule has 0 spiro atoms. The van der Waals surface area contributed by atoms with Gasteiger partial charge in [0, 0.05) is 26.5 Å². The van der Waals surface area contributed by atoms with Crippen molar-refractivity contribution in [2.45, 2.75) is 24.8 Å². The van der Waals surface area contributed by atoms with Gasteiger partial charge in [-0.05, 0) is 42.7 Å². The van der Waals surface area contributed by atoms with E-state index in [-0.39, 0.29) is 11.7 Å². The first-order valence-corrected chi connectivity index (χ1v) is 8.11. The smallest absolute Gasteiger partial charge is 0.233 e. The molecule has 2 aromatic rings. The van der Waals surface area contributed by atoms with E-state index in [0.717, 1.165) is 11.3 Å². The van der Waals surface area contributed by atoms with Crippen molar-refractivity contribution in [3.63, 3.8) is 0 Å². The number of rotatable bonds is 4. The fourth-order valence-electron chi connectivity index (χ4n) is 3.30. The van der Waals surface area contributed by atoms with Crippen LogP contribution in [-0.2, 0) is 21.5 Å². The summed E-state index contributed by atoms with van der Waals surface area (Å²) in [6.07, 6.45) is 2.83. The summed E-state index contributed by atoms with van der Waals surface area (Å²) in [6, 6.07) is 12.0. The Kier molecular flexibility index (Phi) is 4.90. The minimum atomic E-state index is -0.732. The van der Waals surface area contributed by atoms with Crippen LogP contribution >= 0.6 is 0 Å². The van der Waals surface area contributed by atoms with Crippen LogP contribution in [0.5, 0.6) is 0 Å². The highest BCUT2D eigenvalue weighted by molar-refractivity contribution is 5.88. The maximum absolute atomic E-state index is 13.7. The van der Waals surface area contributed by atoms with Crippen molar-refractivity contribution in [1.29, 1.82) is 0 Å². The van der Waals surface area contributed by atoms with Gasteiger partial charge in [0.25, 0.3) is 0 Å². The van der Waals surface area contributed by atoms with Crippen LogP contribution in [0.4, 0.5) is 4.39 Å². The Hall–Kier alpha value is -2.27. The van der Waals surface area contributed by atoms with E-state index in [9.17, 15) is 9.18 Å². The molecule has 1 aliphatic heterocycles. The molecule has 0 saturated carbocycles. The first-order chi connectivity index (χ1) is 11.6. The lowest BCUT2D eigenvalue weighted by Crippen LogP contribution is -2.48. The molecular formula is C19H21FN2O2. The van der Waals surface area contributed by atoms with Crippen molar-refractivity contribution in [2.75, 3.05) is 20.3 Å². The Balaban J connectivity index is 1.89. The summed E-state index contributed by atoms with van der Waals surface area (Å²) in [4.78, 5) is 19.2. The number of carbonyl (C=O) groups excluding carboxylic acids is 1. The maximum Gasteiger partial charge on any atom is 0.233 e. The number of ether oxygens (including phenoxy) is 1. The molecule has 1 aliphatic rings. The second-order valence-electron chi connectivity index (χ2n) is 6.19. The third-order valence-electron chi connectivity index (χ3n) is 4.60. The normalized spacial score (nSPS) is 16.6. The molecule has 1 fully saturated rings. The Labute approximate surface area is 141 Å². The van der Waals surface area contributed by atoms with Gasteiger partial charge < -0.3 is 9.64 Å². The van der Waals surface area contributed by atoms with Gasteiger partial charge in [-0.3, -0.25) is 9.78 Å². The van der Waals surface area contributed by atoms with Crippen LogP contribution in [-0.4, -0.2) is 36.1 Å². The van der Waals surface area contributed by atoms with Crippen LogP contribution in [0.3, 0.4) is 0 Å². The molecule has 24 heavy (non-hydrogen) atoms. The average molecular weight is 328 g/mol. The Morgan fingerprint density at radius 1 is 1.25 bits per heavy atom. The van der Waals surface area contributed by atoms with Gasteiger partial charge >= 0.3 is 0 Å². The van der Waals surface area contributed by atoms with E-state index in [4.69, 9.17) is 4.74 Å². The number of pyridine rings is 1. The molecule has 0 atom stereocenters. The summed E-state index contributed by atoms with van der Waals surface area (Å²) >= 11 is 0. The minimum absolute atomic E-state index is 0.0120. The summed E-state index contributed by atoms with van der Waals surface area (Å²) in [5.74, 6) is -0.333. The summed E-state index contributed by atoms with van der Waals surface area (Å²) in [7, 11) is 1.77. The lowest BCUT2D eigenvalue weighted by Gasteiger charge is -2.39. The lowest BCUT2D eigenvalue weighted by atomic mass is 9.73. The number of hydrogen-bond acceptors (Lipinski definition) is 3. The SMILES string of the molecule is CN(Cc1ccccn1)C(=O)C1(c2cccc(F)c2)CCOCC1. The molecule has 126 valence electrons. The van der Waals surface area contributed by atoms with E-state index in [0.29, 0.717) is 32.6 Å². The van der Waals surface area contributed by atoms with Gasteiger partial charge in [0.15, 0.2) is 0 Å². The quantitative estimate of drug-likeness (QED) is 0.867. The van der Waals surface area contributed by atoms with Gasteiger partial charge in [-0.25, -0.2) is 4.39 Å². The molecule has 1 saturated heterocycles. The highest BCUT2D eigenvalue weighted by Crippen LogP contribution is 2.37. The number of carbonyl (C=O) groups is 1. The largest absolute Gasteiger partial charge is 0.381 e. The van der Waals surface area contributed by atoms with Crippen molar-refractivity contribution in [3.05, 3.63) is 65.7 Å². The van der Waals surface area contributed by atoms with E-state index >= 15 is 0 Å². The molecule has 3 rings (SSSR count). The third kappa shape index (κ3) is 3.31. The maximum atomic E-state index is 13.7. The predicted octanol–water partition coefficient (Wildman–Crippen LogP) is 2.93. The van der Waals surface area contributed by atoms with Gasteiger partial charge in [-0.15, -0.1) is 0 Å². The molecule has 0 aliphatic carbocycles. The van der Waals surface area contributed by atoms with Gasteiger partial charge in [0.1, 0.15) is 5.82 Å². The van der Waals surface area contributed by atoms with Gasteiger partial charge in [0.05, 0.1) is 17.7 Å². The standard InChI is InChI=1S/C19H21FN2O2/c1-22(14-17-7-2-3-10-21-17)18(23)19(8-11-24-12-9-19)15-5-4-6-16(20)13-15/h2-7,10,13H,8-9,11-12,14H2,1H3. The molecule has 1 aromatic heterocycles. The van der Waals surface area contributed by atoms with Crippen LogP contribution in [0.15, 0.2) is 48.7 Å². The van der Waals surface area contributed by atoms with E-state index in [1.165, 1.54) is 12.1 Å². The van der Waals surface area contributed by atoms with Crippen molar-refractivity contribution in [3.8, 4) is 0 Å². The average Bonchev–Trinajstić information content (AvgIpc) is 2.62. The van der Waals surface area contributed by atoms with Crippen molar-refractivity contribution < 1.29 is 13.9 Å². The molecule has 5 heteroatoms. The number of nitrogens with zero attached hydrogens (tertiary/aromatic N) is 2. The Morgan fingerprint density at radius 2 is 2.04 bits per heavy atom. The van der Waals surface area contributed by atoms with Crippen LogP contribution < -0.4 is 0 Å². The highest BCUT2D eigenvalue weighted by Gasteiger charge is 2.43. The molecule has 4 nitrogen and oxygen atoms in total. The van der Waals surface area contributed by atoms with Crippen LogP contribution in [0.2, 0.25) is 0 Å². The number of likely N-dealkylation sites (N-methyl/N-ethyl adjacent to an activating group) is 1. The fourth-order valence-corrected chi connectivity index (χ4v) is 3.30. The Morgan fingerprint density at radius 3 is 2.71 bits per heavy atom. The number of amides is 1. The zero-order valence-electron chi connectivity index (χ0n) is 13.7. The van der Waals surface area contributed by atoms with Gasteiger partial charge in [-0.2, -0.15) is 0 Å². The van der Waals surface area contributed by atoms with E-state index in [1.54, 1.807) is 24.2 Å². The summed E-state index contributed by atoms with van der Waals surface area (Å²) < 4.78 is 19.2. The molecule has 0 radical (unpaired) electrons. The summed E-state index contributed by atoms with van der Waals surface area (Å²) in [6.45, 7) is 1.43. The summed E-state index contributed by atoms with van der Waals surface area (Å²) in [5, 5.41) is 0. The van der Waals surface area contributed by atoms with Crippen LogP contribution in [0.25, 0.3) is 0 Å². The number of benzene rings is 1. The van der Waals surface area contributed by atoms with E-state index in [2.05, 4.69) is 4.98 Å². The van der Waals surface area contributed by atoms with Gasteiger partial charge in [0.2, 0.25) is 5.91 Å². The van der Waals surface area contributed by atoms with Crippen molar-refractivity contribution in [1.82, 2.24) is 9.88 Å². The lowest BCUT2D eigenvalue weighted by molar-refractivity contribution is -0.140. The highest BCUT2D eigenvalue weighted by atomic mass is 19.1. The summed E-state index contributed by atoms with van der Waals surface area (Å²) in [5.41, 5.74) is 0.822. The van der Waals surface area contributed by atoms with E-state index < -0.39 is 5.41 Å². The number of halogens is 1. The third-order valence-corrected chi connectivity index (χ3v) is 4.60. The Bertz CT molecular complexity index is 700. The topological polar surface area (TPSA) is 42.4 Å². The first kappa shape index (κ1) is 16.6. The van der Waals surface area contributed by atoms with Crippen molar-refractivity contribution >= 4 is 5.91 Å². The minimum Gasteiger partial charge on any atom is -0.381 e. The molecule has 2 heterocycles. The van der Waals surface area contributed by atoms with Gasteiger partial charge in [-0.1, -0.05) is 18.2 Å². The molecule has 0 N–H and O–H groups in total. The molecule has 0 unspecified atom stereocenters. The van der Waals surface area contributed by atoms with Crippen molar-refractivity contribution in [2.24, 2.45) is 0 Å². The van der Waals surface area contributed by atoms with Crippen LogP contribution in [0.1, 0.15) is 24.1 Å². The predicted molar refractivity (Wildman–Crippen MR) is 88.8 cm³/mol. The monoisotopic (exact) mass is 328 g/mol. The van der Waals surface area contributed by atoms with E-state index in [1.807, 2.05) is 24.3 Å². The first-order valence-electron chi connectivity index (χ1n) is 8.11. The number of hydrogen-bond donors (Lipinski definition) is 0. The molecule has 0 bridgehead atoms. The molecule has 1 amide bonds.